The van der Waals surface area contributed by atoms with Crippen LogP contribution >= 0.6 is 11.3 Å². The van der Waals surface area contributed by atoms with Crippen molar-refractivity contribution in [1.82, 2.24) is 9.55 Å². The number of aromatic nitrogens is 2. The molecule has 4 rings (SSSR count). The molecule has 0 aliphatic heterocycles. The van der Waals surface area contributed by atoms with Crippen molar-refractivity contribution in [3.63, 3.8) is 0 Å². The highest BCUT2D eigenvalue weighted by atomic mass is 32.1. The first-order valence-corrected chi connectivity index (χ1v) is 9.62. The zero-order chi connectivity index (χ0) is 17.4. The minimum absolute atomic E-state index is 0.0740. The number of hydrogen-bond donors (Lipinski definition) is 0. The average Bonchev–Trinajstić information content (AvgIpc) is 2.95. The van der Waals surface area contributed by atoms with Gasteiger partial charge in [0.15, 0.2) is 0 Å². The molecule has 0 N–H and O–H groups in total. The highest BCUT2D eigenvalue weighted by Gasteiger charge is 2.23. The van der Waals surface area contributed by atoms with Crippen LogP contribution in [0.15, 0.2) is 35.4 Å². The maximum atomic E-state index is 12.9. The first-order chi connectivity index (χ1) is 12.1. The molecule has 3 aromatic rings. The van der Waals surface area contributed by atoms with Crippen molar-refractivity contribution in [2.24, 2.45) is 5.92 Å². The van der Waals surface area contributed by atoms with E-state index in [2.05, 4.69) is 11.9 Å². The first-order valence-electron chi connectivity index (χ1n) is 8.81. The molecule has 1 atom stereocenters. The SMILES string of the molecule is Cc1cccc(OCCn2cnc3sc4c(c3c2=O)CCC(C)C4)c1. The van der Waals surface area contributed by atoms with Gasteiger partial charge in [-0.3, -0.25) is 9.36 Å². The van der Waals surface area contributed by atoms with Crippen molar-refractivity contribution in [2.45, 2.75) is 39.7 Å². The molecule has 0 saturated carbocycles. The van der Waals surface area contributed by atoms with Gasteiger partial charge in [-0.25, -0.2) is 4.98 Å². The molecule has 1 unspecified atom stereocenters. The van der Waals surface area contributed by atoms with E-state index >= 15 is 0 Å². The van der Waals surface area contributed by atoms with Crippen molar-refractivity contribution in [1.29, 1.82) is 0 Å². The van der Waals surface area contributed by atoms with E-state index in [1.807, 2.05) is 31.2 Å². The van der Waals surface area contributed by atoms with Crippen LogP contribution in [0.3, 0.4) is 0 Å². The Bertz CT molecular complexity index is 973. The Morgan fingerprint density at radius 2 is 2.28 bits per heavy atom. The molecule has 0 bridgehead atoms. The van der Waals surface area contributed by atoms with E-state index in [1.165, 1.54) is 10.4 Å². The van der Waals surface area contributed by atoms with Gasteiger partial charge in [0.25, 0.3) is 5.56 Å². The Morgan fingerprint density at radius 3 is 3.12 bits per heavy atom. The van der Waals surface area contributed by atoms with Gasteiger partial charge >= 0.3 is 0 Å². The number of thiophene rings is 1. The molecule has 2 heterocycles. The minimum atomic E-state index is 0.0740. The topological polar surface area (TPSA) is 44.1 Å². The van der Waals surface area contributed by atoms with Crippen molar-refractivity contribution in [3.8, 4) is 5.75 Å². The lowest BCUT2D eigenvalue weighted by molar-refractivity contribution is 0.296. The third kappa shape index (κ3) is 3.21. The van der Waals surface area contributed by atoms with Crippen LogP contribution in [-0.4, -0.2) is 16.2 Å². The Labute approximate surface area is 151 Å². The van der Waals surface area contributed by atoms with E-state index in [1.54, 1.807) is 22.2 Å². The summed E-state index contributed by atoms with van der Waals surface area (Å²) in [6.45, 7) is 5.29. The number of ether oxygens (including phenoxy) is 1. The molecule has 1 aromatic carbocycles. The molecule has 0 spiro atoms. The second-order valence-corrected chi connectivity index (χ2v) is 8.02. The normalized spacial score (nSPS) is 16.8. The smallest absolute Gasteiger partial charge is 0.262 e. The van der Waals surface area contributed by atoms with Gasteiger partial charge < -0.3 is 4.74 Å². The van der Waals surface area contributed by atoms with Crippen LogP contribution in [-0.2, 0) is 19.4 Å². The Balaban J connectivity index is 1.56. The zero-order valence-corrected chi connectivity index (χ0v) is 15.4. The second kappa shape index (κ2) is 6.64. The van der Waals surface area contributed by atoms with Crippen LogP contribution in [0.2, 0.25) is 0 Å². The predicted molar refractivity (Wildman–Crippen MR) is 102 cm³/mol. The Hall–Kier alpha value is -2.14. The molecule has 25 heavy (non-hydrogen) atoms. The highest BCUT2D eigenvalue weighted by Crippen LogP contribution is 2.35. The van der Waals surface area contributed by atoms with Crippen molar-refractivity contribution >= 4 is 21.6 Å². The number of nitrogens with zero attached hydrogens (tertiary/aromatic N) is 2. The van der Waals surface area contributed by atoms with Crippen molar-refractivity contribution in [2.75, 3.05) is 6.61 Å². The number of fused-ring (bicyclic) bond motifs is 3. The van der Waals surface area contributed by atoms with Gasteiger partial charge in [-0.2, -0.15) is 0 Å². The van der Waals surface area contributed by atoms with Gasteiger partial charge in [0, 0.05) is 4.88 Å². The second-order valence-electron chi connectivity index (χ2n) is 6.94. The monoisotopic (exact) mass is 354 g/mol. The van der Waals surface area contributed by atoms with E-state index in [0.717, 1.165) is 40.8 Å². The van der Waals surface area contributed by atoms with Crippen LogP contribution in [0, 0.1) is 12.8 Å². The van der Waals surface area contributed by atoms with Gasteiger partial charge in [0.2, 0.25) is 0 Å². The molecule has 0 saturated heterocycles. The number of hydrogen-bond acceptors (Lipinski definition) is 4. The largest absolute Gasteiger partial charge is 0.492 e. The summed E-state index contributed by atoms with van der Waals surface area (Å²) in [7, 11) is 0. The maximum Gasteiger partial charge on any atom is 0.262 e. The highest BCUT2D eigenvalue weighted by molar-refractivity contribution is 7.18. The van der Waals surface area contributed by atoms with Crippen LogP contribution in [0.5, 0.6) is 5.75 Å². The lowest BCUT2D eigenvalue weighted by atomic mass is 9.89. The molecule has 130 valence electrons. The Kier molecular flexibility index (Phi) is 4.34. The van der Waals surface area contributed by atoms with Crippen LogP contribution in [0.4, 0.5) is 0 Å². The van der Waals surface area contributed by atoms with E-state index < -0.39 is 0 Å². The summed E-state index contributed by atoms with van der Waals surface area (Å²) in [5, 5.41) is 0.838. The van der Waals surface area contributed by atoms with Gasteiger partial charge in [0.05, 0.1) is 18.3 Å². The summed E-state index contributed by atoms with van der Waals surface area (Å²) in [6, 6.07) is 7.95. The standard InChI is InChI=1S/C20H22N2O2S/c1-13-4-3-5-15(10-13)24-9-8-22-12-21-19-18(20(22)23)16-7-6-14(2)11-17(16)25-19/h3-5,10,12,14H,6-9,11H2,1-2H3. The van der Waals surface area contributed by atoms with Gasteiger partial charge in [0.1, 0.15) is 17.2 Å². The molecule has 4 nitrogen and oxygen atoms in total. The quantitative estimate of drug-likeness (QED) is 0.712. The van der Waals surface area contributed by atoms with Crippen LogP contribution in [0.1, 0.15) is 29.3 Å². The van der Waals surface area contributed by atoms with Crippen LogP contribution < -0.4 is 10.3 Å². The Morgan fingerprint density at radius 1 is 1.40 bits per heavy atom. The third-order valence-corrected chi connectivity index (χ3v) is 6.04. The maximum absolute atomic E-state index is 12.9. The molecular formula is C20H22N2O2S. The summed E-state index contributed by atoms with van der Waals surface area (Å²) < 4.78 is 7.46. The zero-order valence-electron chi connectivity index (χ0n) is 14.6. The lowest BCUT2D eigenvalue weighted by Crippen LogP contribution is -2.24. The predicted octanol–water partition coefficient (Wildman–Crippen LogP) is 3.97. The van der Waals surface area contributed by atoms with Crippen molar-refractivity contribution in [3.05, 3.63) is 57.0 Å². The molecule has 5 heteroatoms. The molecule has 1 aliphatic carbocycles. The number of rotatable bonds is 4. The summed E-state index contributed by atoms with van der Waals surface area (Å²) in [4.78, 5) is 19.7. The van der Waals surface area contributed by atoms with E-state index in [4.69, 9.17) is 4.74 Å². The van der Waals surface area contributed by atoms with Gasteiger partial charge in [-0.05, 0) is 55.4 Å². The fourth-order valence-electron chi connectivity index (χ4n) is 3.49. The molecule has 2 aromatic heterocycles. The van der Waals surface area contributed by atoms with Gasteiger partial charge in [-0.15, -0.1) is 11.3 Å². The van der Waals surface area contributed by atoms with E-state index in [0.29, 0.717) is 19.1 Å². The molecule has 0 amide bonds. The molecule has 1 aliphatic rings. The summed E-state index contributed by atoms with van der Waals surface area (Å²) in [5.74, 6) is 1.54. The van der Waals surface area contributed by atoms with E-state index in [-0.39, 0.29) is 5.56 Å². The first kappa shape index (κ1) is 16.3. The summed E-state index contributed by atoms with van der Waals surface area (Å²) in [5.41, 5.74) is 2.48. The summed E-state index contributed by atoms with van der Waals surface area (Å²) >= 11 is 1.69. The fourth-order valence-corrected chi connectivity index (χ4v) is 4.83. The fraction of sp³-hybridized carbons (Fsp3) is 0.400. The summed E-state index contributed by atoms with van der Waals surface area (Å²) in [6.07, 6.45) is 4.89. The van der Waals surface area contributed by atoms with Crippen molar-refractivity contribution < 1.29 is 4.74 Å². The molecule has 0 radical (unpaired) electrons. The number of benzene rings is 1. The van der Waals surface area contributed by atoms with Crippen LogP contribution in [0.25, 0.3) is 10.2 Å². The van der Waals surface area contributed by atoms with E-state index in [9.17, 15) is 4.79 Å². The average molecular weight is 354 g/mol. The van der Waals surface area contributed by atoms with Gasteiger partial charge in [-0.1, -0.05) is 19.1 Å². The molecular weight excluding hydrogens is 332 g/mol. The number of aryl methyl sites for hydroxylation is 2. The minimum Gasteiger partial charge on any atom is -0.492 e. The lowest BCUT2D eigenvalue weighted by Gasteiger charge is -2.17. The third-order valence-electron chi connectivity index (χ3n) is 4.87. The molecule has 0 fully saturated rings.